The van der Waals surface area contributed by atoms with E-state index in [-0.39, 0.29) is 5.56 Å². The topological polar surface area (TPSA) is 86.5 Å². The number of rotatable bonds is 4. The van der Waals surface area contributed by atoms with Gasteiger partial charge in [-0.3, -0.25) is 4.79 Å². The fourth-order valence-corrected chi connectivity index (χ4v) is 1.21. The summed E-state index contributed by atoms with van der Waals surface area (Å²) in [5, 5.41) is 2.94. The van der Waals surface area contributed by atoms with Crippen LogP contribution in [0, 0.1) is 0 Å². The molecule has 3 N–H and O–H groups in total. The molecule has 2 aromatic rings. The molecule has 15 heavy (non-hydrogen) atoms. The zero-order valence-electron chi connectivity index (χ0n) is 8.03. The summed E-state index contributed by atoms with van der Waals surface area (Å²) in [4.78, 5) is 24.7. The molecule has 6 heteroatoms. The molecule has 0 saturated heterocycles. The highest BCUT2D eigenvalue weighted by Crippen LogP contribution is 1.93. The van der Waals surface area contributed by atoms with Crippen molar-refractivity contribution < 1.29 is 0 Å². The highest BCUT2D eigenvalue weighted by atomic mass is 16.1. The number of hydrogen-bond donors (Lipinski definition) is 3. The second-order valence-corrected chi connectivity index (χ2v) is 2.98. The average Bonchev–Trinajstić information content (AvgIpc) is 2.74. The second-order valence-electron chi connectivity index (χ2n) is 2.98. The van der Waals surface area contributed by atoms with Crippen LogP contribution >= 0.6 is 0 Å². The third-order valence-corrected chi connectivity index (χ3v) is 1.92. The number of aromatic nitrogens is 4. The minimum atomic E-state index is -0.211. The maximum atomic E-state index is 11.2. The third-order valence-electron chi connectivity index (χ3n) is 1.92. The van der Waals surface area contributed by atoms with Gasteiger partial charge in [0.15, 0.2) is 5.82 Å². The molecule has 0 saturated carbocycles. The van der Waals surface area contributed by atoms with Gasteiger partial charge in [-0.15, -0.1) is 0 Å². The lowest BCUT2D eigenvalue weighted by Crippen LogP contribution is -2.17. The number of hydrogen-bond acceptors (Lipinski definition) is 4. The first-order valence-corrected chi connectivity index (χ1v) is 4.62. The van der Waals surface area contributed by atoms with Gasteiger partial charge in [0.25, 0.3) is 5.56 Å². The van der Waals surface area contributed by atoms with Gasteiger partial charge in [0.1, 0.15) is 5.82 Å². The van der Waals surface area contributed by atoms with E-state index in [1.165, 1.54) is 12.4 Å². The smallest absolute Gasteiger partial charge is 0.290 e. The molecule has 0 aromatic carbocycles. The van der Waals surface area contributed by atoms with Gasteiger partial charge in [0.2, 0.25) is 0 Å². The average molecular weight is 205 g/mol. The molecule has 0 aliphatic carbocycles. The van der Waals surface area contributed by atoms with Gasteiger partial charge in [-0.2, -0.15) is 0 Å². The number of nitrogens with zero attached hydrogens (tertiary/aromatic N) is 2. The Hall–Kier alpha value is -2.11. The van der Waals surface area contributed by atoms with E-state index in [1.54, 1.807) is 12.4 Å². The number of imidazole rings is 1. The van der Waals surface area contributed by atoms with Gasteiger partial charge >= 0.3 is 0 Å². The molecule has 0 fully saturated rings. The minimum absolute atomic E-state index is 0.211. The van der Waals surface area contributed by atoms with Crippen molar-refractivity contribution in [1.29, 1.82) is 0 Å². The fraction of sp³-hybridized carbons (Fsp3) is 0.222. The molecule has 2 rings (SSSR count). The first kappa shape index (κ1) is 9.45. The molecule has 0 atom stereocenters. The predicted octanol–water partition coefficient (Wildman–Crippen LogP) is 0.148. The van der Waals surface area contributed by atoms with Crippen LogP contribution < -0.4 is 10.9 Å². The summed E-state index contributed by atoms with van der Waals surface area (Å²) in [5.41, 5.74) is -0.211. The lowest BCUT2D eigenvalue weighted by atomic mass is 10.4. The van der Waals surface area contributed by atoms with Crippen molar-refractivity contribution in [3.8, 4) is 0 Å². The second kappa shape index (κ2) is 4.41. The van der Waals surface area contributed by atoms with Gasteiger partial charge in [-0.1, -0.05) is 0 Å². The summed E-state index contributed by atoms with van der Waals surface area (Å²) in [5.74, 6) is 1.22. The van der Waals surface area contributed by atoms with E-state index < -0.39 is 0 Å². The highest BCUT2D eigenvalue weighted by molar-refractivity contribution is 5.29. The summed E-state index contributed by atoms with van der Waals surface area (Å²) in [6.07, 6.45) is 7.23. The van der Waals surface area contributed by atoms with Crippen LogP contribution in [0.2, 0.25) is 0 Å². The number of aromatic amines is 2. The van der Waals surface area contributed by atoms with E-state index >= 15 is 0 Å². The number of anilines is 1. The Balaban J connectivity index is 1.89. The van der Waals surface area contributed by atoms with Crippen LogP contribution in [0.5, 0.6) is 0 Å². The monoisotopic (exact) mass is 205 g/mol. The molecule has 6 nitrogen and oxygen atoms in total. The van der Waals surface area contributed by atoms with Gasteiger partial charge in [0.05, 0.1) is 0 Å². The Morgan fingerprint density at radius 3 is 2.73 bits per heavy atom. The first-order valence-electron chi connectivity index (χ1n) is 4.62. The molecule has 0 spiro atoms. The molecular weight excluding hydrogens is 194 g/mol. The first-order chi connectivity index (χ1) is 7.36. The quantitative estimate of drug-likeness (QED) is 0.663. The standard InChI is InChI=1S/C9H11N5O/c15-9-8(13-5-6-14-9)12-2-1-7-10-3-4-11-7/h3-6H,1-2H2,(H,10,11)(H,12,13)(H,14,15). The van der Waals surface area contributed by atoms with Crippen molar-refractivity contribution >= 4 is 5.82 Å². The minimum Gasteiger partial charge on any atom is -0.365 e. The Bertz CT molecular complexity index is 461. The van der Waals surface area contributed by atoms with Crippen LogP contribution in [0.1, 0.15) is 5.82 Å². The van der Waals surface area contributed by atoms with Gasteiger partial charge < -0.3 is 15.3 Å². The Morgan fingerprint density at radius 1 is 1.20 bits per heavy atom. The summed E-state index contributed by atoms with van der Waals surface area (Å²) in [6.45, 7) is 0.619. The van der Waals surface area contributed by atoms with Crippen molar-refractivity contribution in [2.24, 2.45) is 0 Å². The van der Waals surface area contributed by atoms with Crippen LogP contribution in [0.25, 0.3) is 0 Å². The lowest BCUT2D eigenvalue weighted by Gasteiger charge is -2.01. The zero-order chi connectivity index (χ0) is 10.5. The van der Waals surface area contributed by atoms with E-state index in [0.717, 1.165) is 12.2 Å². The lowest BCUT2D eigenvalue weighted by molar-refractivity contribution is 0.916. The number of H-pyrrole nitrogens is 2. The van der Waals surface area contributed by atoms with Crippen molar-refractivity contribution in [2.45, 2.75) is 6.42 Å². The molecule has 0 aliphatic heterocycles. The summed E-state index contributed by atoms with van der Waals surface area (Å²) in [6, 6.07) is 0. The Labute approximate surface area is 85.8 Å². The van der Waals surface area contributed by atoms with E-state index in [0.29, 0.717) is 12.4 Å². The summed E-state index contributed by atoms with van der Waals surface area (Å²) in [7, 11) is 0. The zero-order valence-corrected chi connectivity index (χ0v) is 8.03. The van der Waals surface area contributed by atoms with Crippen molar-refractivity contribution in [3.05, 3.63) is 41.0 Å². The van der Waals surface area contributed by atoms with Crippen LogP contribution in [0.3, 0.4) is 0 Å². The predicted molar refractivity (Wildman–Crippen MR) is 55.6 cm³/mol. The van der Waals surface area contributed by atoms with E-state index in [4.69, 9.17) is 0 Å². The molecule has 2 aromatic heterocycles. The molecule has 0 radical (unpaired) electrons. The summed E-state index contributed by atoms with van der Waals surface area (Å²) < 4.78 is 0. The molecule has 0 aliphatic rings. The molecule has 2 heterocycles. The van der Waals surface area contributed by atoms with Crippen LogP contribution in [0.15, 0.2) is 29.6 Å². The van der Waals surface area contributed by atoms with Gasteiger partial charge in [-0.05, 0) is 0 Å². The molecule has 0 amide bonds. The maximum absolute atomic E-state index is 11.2. The highest BCUT2D eigenvalue weighted by Gasteiger charge is 1.99. The largest absolute Gasteiger partial charge is 0.365 e. The van der Waals surface area contributed by atoms with Crippen LogP contribution in [0.4, 0.5) is 5.82 Å². The van der Waals surface area contributed by atoms with Crippen molar-refractivity contribution in [1.82, 2.24) is 19.9 Å². The fourth-order valence-electron chi connectivity index (χ4n) is 1.21. The van der Waals surface area contributed by atoms with Crippen LogP contribution in [-0.2, 0) is 6.42 Å². The van der Waals surface area contributed by atoms with Gasteiger partial charge in [-0.25, -0.2) is 9.97 Å². The normalized spacial score (nSPS) is 10.1. The molecule has 0 bridgehead atoms. The number of nitrogens with one attached hydrogen (secondary N) is 3. The molecule has 78 valence electrons. The maximum Gasteiger partial charge on any atom is 0.290 e. The van der Waals surface area contributed by atoms with Crippen molar-refractivity contribution in [3.63, 3.8) is 0 Å². The SMILES string of the molecule is O=c1[nH]ccnc1NCCc1ncc[nH]1. The Kier molecular flexibility index (Phi) is 2.77. The van der Waals surface area contributed by atoms with Gasteiger partial charge in [0, 0.05) is 37.8 Å². The molecular formula is C9H11N5O. The van der Waals surface area contributed by atoms with Crippen LogP contribution in [-0.4, -0.2) is 26.5 Å². The van der Waals surface area contributed by atoms with E-state index in [2.05, 4.69) is 25.3 Å². The summed E-state index contributed by atoms with van der Waals surface area (Å²) >= 11 is 0. The Morgan fingerprint density at radius 2 is 2.00 bits per heavy atom. The van der Waals surface area contributed by atoms with E-state index in [9.17, 15) is 4.79 Å². The molecule has 0 unspecified atom stereocenters. The van der Waals surface area contributed by atoms with Crippen molar-refractivity contribution in [2.75, 3.05) is 11.9 Å². The third kappa shape index (κ3) is 2.43. The van der Waals surface area contributed by atoms with E-state index in [1.807, 2.05) is 0 Å².